The van der Waals surface area contributed by atoms with Crippen molar-refractivity contribution in [1.29, 1.82) is 0 Å². The van der Waals surface area contributed by atoms with E-state index in [4.69, 9.17) is 9.47 Å². The third-order valence-corrected chi connectivity index (χ3v) is 5.73. The van der Waals surface area contributed by atoms with Crippen LogP contribution in [0.25, 0.3) is 0 Å². The van der Waals surface area contributed by atoms with Crippen molar-refractivity contribution in [3.63, 3.8) is 0 Å². The molecule has 8 nitrogen and oxygen atoms in total. The Morgan fingerprint density at radius 2 is 2.07 bits per heavy atom. The Bertz CT molecular complexity index is 819. The Balaban J connectivity index is 1.44. The van der Waals surface area contributed by atoms with Crippen LogP contribution in [0.3, 0.4) is 0 Å². The third-order valence-electron chi connectivity index (χ3n) is 4.82. The van der Waals surface area contributed by atoms with E-state index in [1.165, 1.54) is 11.8 Å². The molecule has 0 bridgehead atoms. The number of amides is 1. The molecule has 2 aliphatic carbocycles. The summed E-state index contributed by atoms with van der Waals surface area (Å²) in [6.07, 6.45) is 4.30. The number of methoxy groups -OCH3 is 2. The number of thioether (sulfide) groups is 1. The summed E-state index contributed by atoms with van der Waals surface area (Å²) in [6, 6.07) is 6.37. The number of tetrazole rings is 1. The molecule has 0 saturated heterocycles. The highest BCUT2D eigenvalue weighted by atomic mass is 32.2. The van der Waals surface area contributed by atoms with Crippen LogP contribution in [0.4, 0.5) is 0 Å². The van der Waals surface area contributed by atoms with Crippen molar-refractivity contribution < 1.29 is 14.3 Å². The fraction of sp³-hybridized carbons (Fsp3) is 0.556. The first-order chi connectivity index (χ1) is 13.2. The van der Waals surface area contributed by atoms with Crippen LogP contribution in [0.2, 0.25) is 0 Å². The van der Waals surface area contributed by atoms with Gasteiger partial charge >= 0.3 is 0 Å². The highest BCUT2D eigenvalue weighted by Gasteiger charge is 2.34. The van der Waals surface area contributed by atoms with Gasteiger partial charge in [-0.15, -0.1) is 5.10 Å². The molecule has 4 rings (SSSR count). The van der Waals surface area contributed by atoms with Crippen LogP contribution in [0.15, 0.2) is 23.4 Å². The molecule has 1 amide bonds. The molecule has 0 unspecified atom stereocenters. The first-order valence-electron chi connectivity index (χ1n) is 9.10. The molecule has 27 heavy (non-hydrogen) atoms. The molecular formula is C18H23N5O3S. The third kappa shape index (κ3) is 4.18. The van der Waals surface area contributed by atoms with E-state index in [9.17, 15) is 4.79 Å². The lowest BCUT2D eigenvalue weighted by atomic mass is 10.1. The van der Waals surface area contributed by atoms with E-state index in [0.29, 0.717) is 24.4 Å². The lowest BCUT2D eigenvalue weighted by Gasteiger charge is -2.23. The molecule has 2 saturated carbocycles. The van der Waals surface area contributed by atoms with Crippen LogP contribution in [0, 0.1) is 0 Å². The minimum absolute atomic E-state index is 0.0951. The number of ether oxygens (including phenoxy) is 2. The molecule has 1 heterocycles. The van der Waals surface area contributed by atoms with E-state index < -0.39 is 0 Å². The quantitative estimate of drug-likeness (QED) is 0.609. The standard InChI is InChI=1S/C18H23N5O3S/c1-25-15-7-8-16(26-2)12(9-15)10-22(13-3-4-13)17(24)11-27-18-19-20-21-23(18)14-5-6-14/h7-9,13-14H,3-6,10-11H2,1-2H3. The topological polar surface area (TPSA) is 82.4 Å². The summed E-state index contributed by atoms with van der Waals surface area (Å²) in [7, 11) is 3.28. The molecule has 1 aromatic carbocycles. The fourth-order valence-corrected chi connectivity index (χ4v) is 3.86. The van der Waals surface area contributed by atoms with Crippen molar-refractivity contribution in [2.24, 2.45) is 0 Å². The second-order valence-electron chi connectivity index (χ2n) is 6.86. The van der Waals surface area contributed by atoms with Crippen LogP contribution >= 0.6 is 11.8 Å². The van der Waals surface area contributed by atoms with Gasteiger partial charge in [0.1, 0.15) is 11.5 Å². The molecule has 1 aromatic heterocycles. The van der Waals surface area contributed by atoms with E-state index >= 15 is 0 Å². The van der Waals surface area contributed by atoms with Gasteiger partial charge in [-0.2, -0.15) is 0 Å². The van der Waals surface area contributed by atoms with Crippen molar-refractivity contribution in [3.8, 4) is 11.5 Å². The second kappa shape index (κ2) is 7.75. The van der Waals surface area contributed by atoms with E-state index in [2.05, 4.69) is 15.5 Å². The fourth-order valence-electron chi connectivity index (χ4n) is 3.03. The maximum atomic E-state index is 12.9. The predicted octanol–water partition coefficient (Wildman–Crippen LogP) is 2.31. The van der Waals surface area contributed by atoms with Crippen LogP contribution in [0.5, 0.6) is 11.5 Å². The van der Waals surface area contributed by atoms with Gasteiger partial charge < -0.3 is 14.4 Å². The zero-order chi connectivity index (χ0) is 18.8. The summed E-state index contributed by atoms with van der Waals surface area (Å²) >= 11 is 1.41. The second-order valence-corrected chi connectivity index (χ2v) is 7.80. The number of carbonyl (C=O) groups excluding carboxylic acids is 1. The van der Waals surface area contributed by atoms with Crippen LogP contribution in [0.1, 0.15) is 37.3 Å². The Morgan fingerprint density at radius 1 is 1.26 bits per heavy atom. The highest BCUT2D eigenvalue weighted by molar-refractivity contribution is 7.99. The smallest absolute Gasteiger partial charge is 0.233 e. The molecule has 0 aliphatic heterocycles. The summed E-state index contributed by atoms with van der Waals surface area (Å²) in [5, 5.41) is 12.6. The summed E-state index contributed by atoms with van der Waals surface area (Å²) in [6.45, 7) is 0.512. The van der Waals surface area contributed by atoms with Gasteiger partial charge in [-0.1, -0.05) is 11.8 Å². The normalized spacial score (nSPS) is 16.2. The van der Waals surface area contributed by atoms with Gasteiger partial charge in [-0.25, -0.2) is 4.68 Å². The number of rotatable bonds is 9. The Kier molecular flexibility index (Phi) is 5.20. The minimum atomic E-state index is 0.0951. The van der Waals surface area contributed by atoms with Gasteiger partial charge in [0.15, 0.2) is 0 Å². The maximum absolute atomic E-state index is 12.9. The first kappa shape index (κ1) is 18.1. The van der Waals surface area contributed by atoms with Crippen molar-refractivity contribution in [3.05, 3.63) is 23.8 Å². The molecular weight excluding hydrogens is 366 g/mol. The summed E-state index contributed by atoms with van der Waals surface area (Å²) in [5.41, 5.74) is 0.949. The first-order valence-corrected chi connectivity index (χ1v) is 10.1. The average molecular weight is 389 g/mol. The van der Waals surface area contributed by atoms with Gasteiger partial charge in [-0.05, 0) is 54.3 Å². The number of nitrogens with zero attached hydrogens (tertiary/aromatic N) is 5. The number of hydrogen-bond acceptors (Lipinski definition) is 7. The van der Waals surface area contributed by atoms with Gasteiger partial charge in [0.25, 0.3) is 0 Å². The zero-order valence-electron chi connectivity index (χ0n) is 15.5. The molecule has 0 N–H and O–H groups in total. The highest BCUT2D eigenvalue weighted by Crippen LogP contribution is 2.37. The average Bonchev–Trinajstić information content (AvgIpc) is 3.63. The molecule has 2 aromatic rings. The van der Waals surface area contributed by atoms with Crippen molar-refractivity contribution in [1.82, 2.24) is 25.1 Å². The minimum Gasteiger partial charge on any atom is -0.497 e. The summed E-state index contributed by atoms with van der Waals surface area (Å²) in [5.74, 6) is 1.94. The number of aromatic nitrogens is 4. The Labute approximate surface area is 162 Å². The van der Waals surface area contributed by atoms with Gasteiger partial charge in [-0.3, -0.25) is 4.79 Å². The zero-order valence-corrected chi connectivity index (χ0v) is 16.3. The van der Waals surface area contributed by atoms with E-state index in [1.807, 2.05) is 27.8 Å². The Morgan fingerprint density at radius 3 is 2.74 bits per heavy atom. The molecule has 144 valence electrons. The molecule has 0 spiro atoms. The van der Waals surface area contributed by atoms with E-state index in [1.54, 1.807) is 14.2 Å². The van der Waals surface area contributed by atoms with Crippen molar-refractivity contribution >= 4 is 17.7 Å². The molecule has 2 aliphatic rings. The lowest BCUT2D eigenvalue weighted by molar-refractivity contribution is -0.129. The summed E-state index contributed by atoms with van der Waals surface area (Å²) < 4.78 is 12.6. The SMILES string of the molecule is COc1ccc(OC)c(CN(C(=O)CSc2nnnn2C2CC2)C2CC2)c1. The molecule has 0 atom stereocenters. The monoisotopic (exact) mass is 389 g/mol. The van der Waals surface area contributed by atoms with Crippen molar-refractivity contribution in [2.45, 2.75) is 49.5 Å². The van der Waals surface area contributed by atoms with Gasteiger partial charge in [0.05, 0.1) is 26.0 Å². The van der Waals surface area contributed by atoms with Crippen LogP contribution < -0.4 is 9.47 Å². The summed E-state index contributed by atoms with van der Waals surface area (Å²) in [4.78, 5) is 14.9. The lowest BCUT2D eigenvalue weighted by Crippen LogP contribution is -2.34. The van der Waals surface area contributed by atoms with E-state index in [-0.39, 0.29) is 5.91 Å². The van der Waals surface area contributed by atoms with Crippen LogP contribution in [-0.4, -0.2) is 57.0 Å². The predicted molar refractivity (Wildman–Crippen MR) is 99.9 cm³/mol. The Hall–Kier alpha value is -2.29. The van der Waals surface area contributed by atoms with E-state index in [0.717, 1.165) is 47.9 Å². The number of benzene rings is 1. The maximum Gasteiger partial charge on any atom is 0.233 e. The van der Waals surface area contributed by atoms with Gasteiger partial charge in [0, 0.05) is 18.2 Å². The molecule has 0 radical (unpaired) electrons. The number of hydrogen-bond donors (Lipinski definition) is 0. The molecule has 2 fully saturated rings. The largest absolute Gasteiger partial charge is 0.497 e. The van der Waals surface area contributed by atoms with Gasteiger partial charge in [0.2, 0.25) is 11.1 Å². The van der Waals surface area contributed by atoms with Crippen molar-refractivity contribution in [2.75, 3.05) is 20.0 Å². The van der Waals surface area contributed by atoms with Crippen LogP contribution in [-0.2, 0) is 11.3 Å². The molecule has 9 heteroatoms. The number of carbonyl (C=O) groups is 1.